The molecule has 6 heteroatoms. The van der Waals surface area contributed by atoms with E-state index in [9.17, 15) is 4.79 Å². The molecule has 3 aromatic rings. The smallest absolute Gasteiger partial charge is 0.273 e. The Labute approximate surface area is 126 Å². The lowest BCUT2D eigenvalue weighted by atomic mass is 10.2. The van der Waals surface area contributed by atoms with Gasteiger partial charge < -0.3 is 5.32 Å². The zero-order chi connectivity index (χ0) is 15.4. The van der Waals surface area contributed by atoms with Crippen LogP contribution in [0.2, 0.25) is 0 Å². The van der Waals surface area contributed by atoms with Gasteiger partial charge in [-0.1, -0.05) is 6.07 Å². The number of carbonyl (C=O) groups excluding carboxylic acids is 1. The molecule has 0 bridgehead atoms. The fourth-order valence-electron chi connectivity index (χ4n) is 1.91. The fraction of sp³-hybridized carbons (Fsp3) is 0. The van der Waals surface area contributed by atoms with Gasteiger partial charge in [-0.05, 0) is 42.5 Å². The Morgan fingerprint density at radius 1 is 1.14 bits per heavy atom. The average Bonchev–Trinajstić information content (AvgIpc) is 3.06. The Bertz CT molecular complexity index is 831. The number of pyridine rings is 1. The largest absolute Gasteiger partial charge is 0.321 e. The van der Waals surface area contributed by atoms with Crippen LogP contribution >= 0.6 is 0 Å². The highest BCUT2D eigenvalue weighted by atomic mass is 16.1. The van der Waals surface area contributed by atoms with Gasteiger partial charge in [0.2, 0.25) is 0 Å². The van der Waals surface area contributed by atoms with E-state index in [2.05, 4.69) is 20.5 Å². The Morgan fingerprint density at radius 3 is 2.64 bits per heavy atom. The Morgan fingerprint density at radius 2 is 1.95 bits per heavy atom. The van der Waals surface area contributed by atoms with E-state index >= 15 is 0 Å². The summed E-state index contributed by atoms with van der Waals surface area (Å²) in [4.78, 5) is 16.3. The number of aromatic amines is 1. The lowest BCUT2D eigenvalue weighted by Gasteiger charge is -2.02. The molecule has 0 unspecified atom stereocenters. The third kappa shape index (κ3) is 2.83. The van der Waals surface area contributed by atoms with E-state index in [1.54, 1.807) is 36.5 Å². The third-order valence-corrected chi connectivity index (χ3v) is 3.02. The summed E-state index contributed by atoms with van der Waals surface area (Å²) in [5, 5.41) is 18.3. The Hall–Kier alpha value is -3.46. The van der Waals surface area contributed by atoms with Crippen molar-refractivity contribution in [3.8, 4) is 17.5 Å². The molecule has 2 heterocycles. The van der Waals surface area contributed by atoms with Crippen LogP contribution in [-0.2, 0) is 0 Å². The Balaban J connectivity index is 1.75. The van der Waals surface area contributed by atoms with Gasteiger partial charge in [0, 0.05) is 11.9 Å². The molecule has 2 aromatic heterocycles. The van der Waals surface area contributed by atoms with Crippen molar-refractivity contribution in [2.24, 2.45) is 0 Å². The second-order valence-corrected chi connectivity index (χ2v) is 4.53. The number of nitriles is 1. The van der Waals surface area contributed by atoms with Crippen molar-refractivity contribution >= 4 is 11.6 Å². The fourth-order valence-corrected chi connectivity index (χ4v) is 1.91. The summed E-state index contributed by atoms with van der Waals surface area (Å²) in [6.45, 7) is 0. The summed E-state index contributed by atoms with van der Waals surface area (Å²) in [5.74, 6) is -0.306. The molecule has 0 atom stereocenters. The average molecular weight is 289 g/mol. The minimum Gasteiger partial charge on any atom is -0.321 e. The molecule has 2 N–H and O–H groups in total. The number of hydrogen-bond acceptors (Lipinski definition) is 4. The topological polar surface area (TPSA) is 94.5 Å². The summed E-state index contributed by atoms with van der Waals surface area (Å²) in [6.07, 6.45) is 1.67. The van der Waals surface area contributed by atoms with Gasteiger partial charge in [0.1, 0.15) is 11.4 Å². The predicted octanol–water partition coefficient (Wildman–Crippen LogP) is 2.60. The molecule has 0 fully saturated rings. The number of nitrogens with zero attached hydrogens (tertiary/aromatic N) is 3. The number of hydrogen-bond donors (Lipinski definition) is 2. The van der Waals surface area contributed by atoms with Crippen LogP contribution in [0.1, 0.15) is 16.1 Å². The first-order valence-electron chi connectivity index (χ1n) is 6.54. The molecule has 3 rings (SSSR count). The molecule has 0 spiro atoms. The van der Waals surface area contributed by atoms with Crippen molar-refractivity contribution in [3.63, 3.8) is 0 Å². The molecular weight excluding hydrogens is 278 g/mol. The van der Waals surface area contributed by atoms with Crippen LogP contribution in [0.15, 0.2) is 54.7 Å². The summed E-state index contributed by atoms with van der Waals surface area (Å²) < 4.78 is 0. The van der Waals surface area contributed by atoms with Gasteiger partial charge in [-0.15, -0.1) is 0 Å². The van der Waals surface area contributed by atoms with Gasteiger partial charge in [0.15, 0.2) is 0 Å². The van der Waals surface area contributed by atoms with Crippen LogP contribution in [-0.4, -0.2) is 21.1 Å². The molecule has 22 heavy (non-hydrogen) atoms. The second kappa shape index (κ2) is 5.89. The molecular formula is C16H11N5O. The van der Waals surface area contributed by atoms with Gasteiger partial charge in [-0.25, -0.2) is 0 Å². The minimum absolute atomic E-state index is 0.306. The number of benzene rings is 1. The number of aromatic nitrogens is 3. The molecule has 1 amide bonds. The van der Waals surface area contributed by atoms with Crippen molar-refractivity contribution in [2.45, 2.75) is 0 Å². The lowest BCUT2D eigenvalue weighted by molar-refractivity contribution is 0.102. The zero-order valence-corrected chi connectivity index (χ0v) is 11.4. The van der Waals surface area contributed by atoms with Gasteiger partial charge in [-0.2, -0.15) is 10.4 Å². The molecule has 0 aliphatic rings. The molecule has 6 nitrogen and oxygen atoms in total. The molecule has 0 radical (unpaired) electrons. The monoisotopic (exact) mass is 289 g/mol. The van der Waals surface area contributed by atoms with Crippen LogP contribution < -0.4 is 5.32 Å². The van der Waals surface area contributed by atoms with Crippen LogP contribution in [0.4, 0.5) is 5.69 Å². The number of amides is 1. The number of anilines is 1. The first-order chi connectivity index (χ1) is 10.8. The number of carbonyl (C=O) groups is 1. The maximum atomic E-state index is 12.1. The SMILES string of the molecule is N#Cc1ccc(NC(=O)c2cc(-c3ccccn3)n[nH]2)cc1. The Kier molecular flexibility index (Phi) is 3.62. The predicted molar refractivity (Wildman–Crippen MR) is 80.9 cm³/mol. The van der Waals surface area contributed by atoms with Crippen molar-refractivity contribution in [3.05, 3.63) is 66.0 Å². The first-order valence-corrected chi connectivity index (χ1v) is 6.54. The van der Waals surface area contributed by atoms with E-state index in [0.29, 0.717) is 28.3 Å². The quantitative estimate of drug-likeness (QED) is 0.774. The highest BCUT2D eigenvalue weighted by Gasteiger charge is 2.11. The maximum absolute atomic E-state index is 12.1. The van der Waals surface area contributed by atoms with Crippen LogP contribution in [0.5, 0.6) is 0 Å². The van der Waals surface area contributed by atoms with E-state index in [0.717, 1.165) is 0 Å². The normalized spacial score (nSPS) is 9.95. The molecule has 0 saturated heterocycles. The van der Waals surface area contributed by atoms with Gasteiger partial charge in [-0.3, -0.25) is 14.9 Å². The summed E-state index contributed by atoms with van der Waals surface area (Å²) in [7, 11) is 0. The first kappa shape index (κ1) is 13.5. The van der Waals surface area contributed by atoms with Crippen molar-refractivity contribution in [1.82, 2.24) is 15.2 Å². The highest BCUT2D eigenvalue weighted by molar-refractivity contribution is 6.03. The minimum atomic E-state index is -0.306. The molecule has 0 saturated carbocycles. The van der Waals surface area contributed by atoms with Crippen molar-refractivity contribution in [2.75, 3.05) is 5.32 Å². The van der Waals surface area contributed by atoms with Crippen LogP contribution in [0, 0.1) is 11.3 Å². The number of H-pyrrole nitrogens is 1. The lowest BCUT2D eigenvalue weighted by Crippen LogP contribution is -2.12. The van der Waals surface area contributed by atoms with E-state index in [1.807, 2.05) is 24.3 Å². The van der Waals surface area contributed by atoms with Gasteiger partial charge >= 0.3 is 0 Å². The molecule has 106 valence electrons. The van der Waals surface area contributed by atoms with E-state index in [4.69, 9.17) is 5.26 Å². The summed E-state index contributed by atoms with van der Waals surface area (Å²) in [6, 6.07) is 15.8. The van der Waals surface area contributed by atoms with E-state index < -0.39 is 0 Å². The van der Waals surface area contributed by atoms with Gasteiger partial charge in [0.05, 0.1) is 17.3 Å². The standard InChI is InChI=1S/C16H11N5O/c17-10-11-4-6-12(7-5-11)19-16(22)15-9-14(20-21-15)13-3-1-2-8-18-13/h1-9H,(H,19,22)(H,20,21). The third-order valence-electron chi connectivity index (χ3n) is 3.02. The van der Waals surface area contributed by atoms with Crippen molar-refractivity contribution in [1.29, 1.82) is 5.26 Å². The maximum Gasteiger partial charge on any atom is 0.273 e. The molecule has 1 aromatic carbocycles. The molecule has 0 aliphatic carbocycles. The van der Waals surface area contributed by atoms with Crippen LogP contribution in [0.3, 0.4) is 0 Å². The number of rotatable bonds is 3. The highest BCUT2D eigenvalue weighted by Crippen LogP contribution is 2.15. The zero-order valence-electron chi connectivity index (χ0n) is 11.4. The van der Waals surface area contributed by atoms with E-state index in [-0.39, 0.29) is 5.91 Å². The van der Waals surface area contributed by atoms with Crippen molar-refractivity contribution < 1.29 is 4.79 Å². The van der Waals surface area contributed by atoms with Gasteiger partial charge in [0.25, 0.3) is 5.91 Å². The molecule has 0 aliphatic heterocycles. The van der Waals surface area contributed by atoms with Crippen LogP contribution in [0.25, 0.3) is 11.4 Å². The number of nitrogens with one attached hydrogen (secondary N) is 2. The summed E-state index contributed by atoms with van der Waals surface area (Å²) >= 11 is 0. The summed E-state index contributed by atoms with van der Waals surface area (Å²) in [5.41, 5.74) is 2.78. The second-order valence-electron chi connectivity index (χ2n) is 4.53. The van der Waals surface area contributed by atoms with E-state index in [1.165, 1.54) is 0 Å².